The first kappa shape index (κ1) is 5.10. The van der Waals surface area contributed by atoms with Gasteiger partial charge in [-0.3, -0.25) is 0 Å². The number of hydrogen-bond acceptors (Lipinski definition) is 1. The van der Waals surface area contributed by atoms with Gasteiger partial charge in [-0.1, -0.05) is 0 Å². The van der Waals surface area contributed by atoms with Gasteiger partial charge in [-0.2, -0.15) is 0 Å². The average Bonchev–Trinajstić information content (AvgIpc) is 1.99. The summed E-state index contributed by atoms with van der Waals surface area (Å²) < 4.78 is 0. The zero-order valence-electron chi connectivity index (χ0n) is 4.94. The first-order valence-corrected chi connectivity index (χ1v) is 2.73. The summed E-state index contributed by atoms with van der Waals surface area (Å²) in [6.07, 6.45) is 3.48. The van der Waals surface area contributed by atoms with E-state index in [9.17, 15) is 0 Å². The molecule has 41 valence electrons. The van der Waals surface area contributed by atoms with E-state index in [1.54, 1.807) is 0 Å². The second kappa shape index (κ2) is 1.22. The Balaban J connectivity index is 2.36. The summed E-state index contributed by atoms with van der Waals surface area (Å²) in [7, 11) is 0. The van der Waals surface area contributed by atoms with Crippen LogP contribution in [0.2, 0.25) is 0 Å². The largest absolute Gasteiger partial charge is 0.325 e. The third-order valence-corrected chi connectivity index (χ3v) is 1.43. The Hall–Kier alpha value is -0.0400. The fraction of sp³-hybridized carbons (Fsp3) is 0.833. The van der Waals surface area contributed by atoms with Crippen molar-refractivity contribution < 1.29 is 0 Å². The minimum absolute atomic E-state index is 0.0556. The second-order valence-corrected chi connectivity index (χ2v) is 2.90. The number of hydrogen-bond donors (Lipinski definition) is 1. The van der Waals surface area contributed by atoms with E-state index in [2.05, 4.69) is 20.3 Å². The predicted molar refractivity (Wildman–Crippen MR) is 30.7 cm³/mol. The minimum Gasteiger partial charge on any atom is -0.325 e. The zero-order chi connectivity index (χ0) is 5.49. The molecule has 1 saturated carbocycles. The van der Waals surface area contributed by atoms with Crippen LogP contribution >= 0.6 is 0 Å². The average molecular weight is 98.2 g/mol. The molecule has 1 unspecified atom stereocenters. The lowest BCUT2D eigenvalue weighted by atomic mass is 10.0. The van der Waals surface area contributed by atoms with Crippen LogP contribution in [-0.2, 0) is 0 Å². The molecular weight excluding hydrogens is 86.1 g/mol. The molecule has 1 radical (unpaired) electrons. The van der Waals surface area contributed by atoms with Gasteiger partial charge in [0.25, 0.3) is 0 Å². The monoisotopic (exact) mass is 98.1 g/mol. The van der Waals surface area contributed by atoms with Crippen LogP contribution in [0.25, 0.3) is 0 Å². The van der Waals surface area contributed by atoms with Crippen molar-refractivity contribution in [2.45, 2.75) is 25.8 Å². The lowest BCUT2D eigenvalue weighted by Gasteiger charge is -2.15. The molecule has 1 rings (SSSR count). The molecule has 1 heteroatoms. The van der Waals surface area contributed by atoms with E-state index in [1.165, 1.54) is 6.42 Å². The van der Waals surface area contributed by atoms with E-state index >= 15 is 0 Å². The van der Waals surface area contributed by atoms with Crippen LogP contribution in [0, 0.1) is 12.3 Å². The number of nitrogens with two attached hydrogens (primary N) is 1. The summed E-state index contributed by atoms with van der Waals surface area (Å²) in [4.78, 5) is 0. The zero-order valence-corrected chi connectivity index (χ0v) is 4.94. The summed E-state index contributed by atoms with van der Waals surface area (Å²) in [5, 5.41) is 0. The van der Waals surface area contributed by atoms with E-state index in [4.69, 9.17) is 5.73 Å². The summed E-state index contributed by atoms with van der Waals surface area (Å²) in [6.45, 7) is 4.14. The molecule has 0 bridgehead atoms. The lowest BCUT2D eigenvalue weighted by Crippen LogP contribution is -2.34. The lowest BCUT2D eigenvalue weighted by molar-refractivity contribution is 0.464. The van der Waals surface area contributed by atoms with Crippen LogP contribution in [-0.4, -0.2) is 5.54 Å². The Morgan fingerprint density at radius 2 is 2.14 bits per heavy atom. The van der Waals surface area contributed by atoms with Gasteiger partial charge in [-0.15, -0.1) is 0 Å². The highest BCUT2D eigenvalue weighted by atomic mass is 14.7. The molecule has 1 atom stereocenters. The molecular formula is C6H12N. The maximum Gasteiger partial charge on any atom is 0.0128 e. The Morgan fingerprint density at radius 3 is 2.14 bits per heavy atom. The molecule has 0 saturated heterocycles. The summed E-state index contributed by atoms with van der Waals surface area (Å²) in [6, 6.07) is 0. The molecule has 1 nitrogen and oxygen atoms in total. The Bertz CT molecular complexity index is 66.7. The normalized spacial score (nSPS) is 22.7. The first-order chi connectivity index (χ1) is 3.11. The third-order valence-electron chi connectivity index (χ3n) is 1.43. The summed E-state index contributed by atoms with van der Waals surface area (Å²) in [5.41, 5.74) is 5.77. The van der Waals surface area contributed by atoms with Crippen molar-refractivity contribution >= 4 is 0 Å². The Kier molecular flexibility index (Phi) is 0.890. The van der Waals surface area contributed by atoms with Crippen LogP contribution in [0.15, 0.2) is 0 Å². The van der Waals surface area contributed by atoms with Gasteiger partial charge in [-0.05, 0) is 32.6 Å². The van der Waals surface area contributed by atoms with Crippen molar-refractivity contribution in [3.05, 3.63) is 6.42 Å². The van der Waals surface area contributed by atoms with Crippen molar-refractivity contribution in [3.8, 4) is 0 Å². The van der Waals surface area contributed by atoms with Crippen molar-refractivity contribution in [2.24, 2.45) is 11.7 Å². The second-order valence-electron chi connectivity index (χ2n) is 2.90. The van der Waals surface area contributed by atoms with E-state index in [0.717, 1.165) is 0 Å². The van der Waals surface area contributed by atoms with Gasteiger partial charge in [-0.25, -0.2) is 0 Å². The molecule has 0 heterocycles. The standard InChI is InChI=1S/C6H12N/c1-6(2,7)5-3-4-5/h3,5H,4,7H2,1-2H3. The molecule has 7 heavy (non-hydrogen) atoms. The fourth-order valence-corrected chi connectivity index (χ4v) is 0.676. The van der Waals surface area contributed by atoms with E-state index in [1.807, 2.05) is 0 Å². The van der Waals surface area contributed by atoms with E-state index in [0.29, 0.717) is 5.92 Å². The van der Waals surface area contributed by atoms with Gasteiger partial charge in [0, 0.05) is 5.54 Å². The van der Waals surface area contributed by atoms with E-state index in [-0.39, 0.29) is 5.54 Å². The van der Waals surface area contributed by atoms with Gasteiger partial charge in [0.05, 0.1) is 0 Å². The first-order valence-electron chi connectivity index (χ1n) is 2.73. The highest BCUT2D eigenvalue weighted by molar-refractivity contribution is 5.05. The fourth-order valence-electron chi connectivity index (χ4n) is 0.676. The van der Waals surface area contributed by atoms with Crippen LogP contribution in [0.5, 0.6) is 0 Å². The topological polar surface area (TPSA) is 26.0 Å². The van der Waals surface area contributed by atoms with Gasteiger partial charge in [0.15, 0.2) is 0 Å². The van der Waals surface area contributed by atoms with Gasteiger partial charge >= 0.3 is 0 Å². The predicted octanol–water partition coefficient (Wildman–Crippen LogP) is 0.948. The minimum atomic E-state index is 0.0556. The van der Waals surface area contributed by atoms with Crippen LogP contribution in [0.1, 0.15) is 20.3 Å². The molecule has 0 aromatic heterocycles. The van der Waals surface area contributed by atoms with Crippen LogP contribution in [0.4, 0.5) is 0 Å². The van der Waals surface area contributed by atoms with Crippen molar-refractivity contribution in [1.29, 1.82) is 0 Å². The van der Waals surface area contributed by atoms with Crippen LogP contribution in [0.3, 0.4) is 0 Å². The quantitative estimate of drug-likeness (QED) is 0.519. The van der Waals surface area contributed by atoms with Gasteiger partial charge in [0.2, 0.25) is 0 Å². The molecule has 1 aliphatic carbocycles. The van der Waals surface area contributed by atoms with E-state index < -0.39 is 0 Å². The van der Waals surface area contributed by atoms with Crippen LogP contribution < -0.4 is 5.73 Å². The molecule has 0 aliphatic heterocycles. The maximum absolute atomic E-state index is 5.71. The maximum atomic E-state index is 5.71. The molecule has 0 aromatic carbocycles. The highest BCUT2D eigenvalue weighted by Crippen LogP contribution is 2.35. The molecule has 1 aliphatic rings. The molecule has 2 N–H and O–H groups in total. The van der Waals surface area contributed by atoms with Gasteiger partial charge < -0.3 is 5.73 Å². The Morgan fingerprint density at radius 1 is 1.71 bits per heavy atom. The molecule has 0 amide bonds. The summed E-state index contributed by atoms with van der Waals surface area (Å²) >= 11 is 0. The third kappa shape index (κ3) is 1.16. The van der Waals surface area contributed by atoms with Gasteiger partial charge in [0.1, 0.15) is 0 Å². The molecule has 0 spiro atoms. The highest BCUT2D eigenvalue weighted by Gasteiger charge is 2.34. The smallest absolute Gasteiger partial charge is 0.0128 e. The number of rotatable bonds is 1. The van der Waals surface area contributed by atoms with Crippen molar-refractivity contribution in [3.63, 3.8) is 0 Å². The Labute approximate surface area is 44.9 Å². The SMILES string of the molecule is CC(C)(N)C1[CH]C1. The van der Waals surface area contributed by atoms with Crippen molar-refractivity contribution in [1.82, 2.24) is 0 Å². The molecule has 0 aromatic rings. The summed E-state index contributed by atoms with van der Waals surface area (Å²) in [5.74, 6) is 0.701. The molecule has 1 fully saturated rings. The van der Waals surface area contributed by atoms with Crippen molar-refractivity contribution in [2.75, 3.05) is 0 Å².